The normalized spacial score (nSPS) is 24.1. The minimum atomic E-state index is -1.33. The second-order valence-electron chi connectivity index (χ2n) is 8.53. The van der Waals surface area contributed by atoms with Gasteiger partial charge < -0.3 is 5.11 Å². The van der Waals surface area contributed by atoms with Crippen molar-refractivity contribution in [1.82, 2.24) is 0 Å². The fourth-order valence-electron chi connectivity index (χ4n) is 5.45. The summed E-state index contributed by atoms with van der Waals surface area (Å²) >= 11 is 6.19. The van der Waals surface area contributed by atoms with E-state index in [0.29, 0.717) is 28.3 Å². The van der Waals surface area contributed by atoms with Crippen LogP contribution in [0.2, 0.25) is 5.02 Å². The van der Waals surface area contributed by atoms with E-state index >= 15 is 0 Å². The van der Waals surface area contributed by atoms with Gasteiger partial charge in [0.2, 0.25) is 11.8 Å². The van der Waals surface area contributed by atoms with E-state index in [1.165, 1.54) is 17.0 Å². The Morgan fingerprint density at radius 2 is 1.82 bits per heavy atom. The van der Waals surface area contributed by atoms with Gasteiger partial charge in [-0.25, -0.2) is 9.29 Å². The number of hydrogen-bond donors (Lipinski definition) is 1. The van der Waals surface area contributed by atoms with E-state index in [1.807, 2.05) is 36.4 Å². The molecule has 2 amide bonds. The lowest BCUT2D eigenvalue weighted by Gasteiger charge is -2.43. The Kier molecular flexibility index (Phi) is 5.37. The van der Waals surface area contributed by atoms with Gasteiger partial charge in [-0.05, 0) is 53.5 Å². The Morgan fingerprint density at radius 1 is 1.06 bits per heavy atom. The number of hydrogen-bond acceptors (Lipinski definition) is 3. The summed E-state index contributed by atoms with van der Waals surface area (Å²) in [7, 11) is 0. The largest absolute Gasteiger partial charge is 0.505 e. The molecule has 1 fully saturated rings. The summed E-state index contributed by atoms with van der Waals surface area (Å²) in [5.41, 5.74) is 0.919. The van der Waals surface area contributed by atoms with Gasteiger partial charge in [-0.3, -0.25) is 9.59 Å². The molecule has 3 aromatic rings. The average molecular weight is 474 g/mol. The molecular weight excluding hydrogens is 453 g/mol. The molecule has 34 heavy (non-hydrogen) atoms. The van der Waals surface area contributed by atoms with E-state index in [4.69, 9.17) is 11.6 Å². The molecule has 4 nitrogen and oxygen atoms in total. The third-order valence-electron chi connectivity index (χ3n) is 6.86. The molecule has 1 heterocycles. The van der Waals surface area contributed by atoms with Gasteiger partial charge in [0.05, 0.1) is 17.0 Å². The number of fused-ring (bicyclic) bond motifs is 1. The lowest BCUT2D eigenvalue weighted by Crippen LogP contribution is -2.48. The minimum Gasteiger partial charge on any atom is -0.505 e. The fraction of sp³-hybridized carbons (Fsp3) is 0.143. The fourth-order valence-corrected chi connectivity index (χ4v) is 5.64. The Morgan fingerprint density at radius 3 is 2.50 bits per heavy atom. The topological polar surface area (TPSA) is 57.6 Å². The molecule has 170 valence electrons. The molecule has 3 unspecified atom stereocenters. The first-order valence-electron chi connectivity index (χ1n) is 10.9. The molecule has 2 aliphatic rings. The summed E-state index contributed by atoms with van der Waals surface area (Å²) in [5.74, 6) is -3.42. The van der Waals surface area contributed by atoms with Crippen molar-refractivity contribution in [2.45, 2.75) is 17.8 Å². The van der Waals surface area contributed by atoms with Crippen molar-refractivity contribution < 1.29 is 19.1 Å². The molecule has 1 saturated heterocycles. The number of carbonyl (C=O) groups is 2. The van der Waals surface area contributed by atoms with Crippen LogP contribution >= 0.6 is 11.6 Å². The molecule has 1 aliphatic carbocycles. The molecule has 0 aromatic heterocycles. The van der Waals surface area contributed by atoms with Crippen molar-refractivity contribution in [2.24, 2.45) is 5.92 Å². The maximum atomic E-state index is 14.5. The van der Waals surface area contributed by atoms with Crippen LogP contribution in [0.4, 0.5) is 10.1 Å². The zero-order valence-electron chi connectivity index (χ0n) is 18.1. The summed E-state index contributed by atoms with van der Waals surface area (Å²) in [4.78, 5) is 29.5. The molecule has 1 aliphatic heterocycles. The number of carbonyl (C=O) groups excluding carboxylic acids is 2. The Balaban J connectivity index is 1.81. The molecular formula is C28H21ClFNO3. The van der Waals surface area contributed by atoms with Gasteiger partial charge in [-0.2, -0.15) is 0 Å². The molecule has 3 aromatic carbocycles. The first-order valence-corrected chi connectivity index (χ1v) is 11.3. The lowest BCUT2D eigenvalue weighted by molar-refractivity contribution is -0.123. The molecule has 3 atom stereocenters. The molecule has 6 heteroatoms. The third kappa shape index (κ3) is 3.11. The van der Waals surface area contributed by atoms with E-state index in [0.717, 1.165) is 5.57 Å². The second kappa shape index (κ2) is 8.26. The second-order valence-corrected chi connectivity index (χ2v) is 8.97. The van der Waals surface area contributed by atoms with E-state index < -0.39 is 34.7 Å². The summed E-state index contributed by atoms with van der Waals surface area (Å²) in [6, 6.07) is 19.9. The average Bonchev–Trinajstić information content (AvgIpc) is 3.08. The first-order chi connectivity index (χ1) is 16.4. The van der Waals surface area contributed by atoms with Gasteiger partial charge in [-0.15, -0.1) is 0 Å². The van der Waals surface area contributed by atoms with Crippen molar-refractivity contribution in [3.8, 4) is 5.75 Å². The van der Waals surface area contributed by atoms with Crippen molar-refractivity contribution in [3.63, 3.8) is 0 Å². The van der Waals surface area contributed by atoms with Gasteiger partial charge in [-0.1, -0.05) is 72.8 Å². The zero-order chi connectivity index (χ0) is 24.0. The number of phenols is 1. The number of amides is 2. The van der Waals surface area contributed by atoms with Crippen molar-refractivity contribution in [3.05, 3.63) is 119 Å². The van der Waals surface area contributed by atoms with Crippen LogP contribution in [0.3, 0.4) is 0 Å². The number of anilines is 1. The Labute approximate surface area is 201 Å². The summed E-state index contributed by atoms with van der Waals surface area (Å²) in [5, 5.41) is 10.2. The minimum absolute atomic E-state index is 0.328. The van der Waals surface area contributed by atoms with Crippen LogP contribution in [0.1, 0.15) is 23.5 Å². The highest BCUT2D eigenvalue weighted by Gasteiger charge is 2.65. The van der Waals surface area contributed by atoms with Gasteiger partial charge in [0.1, 0.15) is 0 Å². The van der Waals surface area contributed by atoms with Gasteiger partial charge in [0, 0.05) is 10.9 Å². The summed E-state index contributed by atoms with van der Waals surface area (Å²) in [6.07, 6.45) is 3.87. The number of rotatable bonds is 4. The smallest absolute Gasteiger partial charge is 0.246 e. The van der Waals surface area contributed by atoms with E-state index in [-0.39, 0.29) is 5.91 Å². The predicted molar refractivity (Wildman–Crippen MR) is 129 cm³/mol. The van der Waals surface area contributed by atoms with Crippen molar-refractivity contribution in [1.29, 1.82) is 0 Å². The number of phenolic OH excluding ortho intramolecular Hbond substituents is 1. The number of allylic oxidation sites excluding steroid dienone is 3. The quantitative estimate of drug-likeness (QED) is 0.479. The third-order valence-corrected chi connectivity index (χ3v) is 7.10. The summed E-state index contributed by atoms with van der Waals surface area (Å²) < 4.78 is 14.5. The summed E-state index contributed by atoms with van der Waals surface area (Å²) in [6.45, 7) is 3.93. The highest BCUT2D eigenvalue weighted by Crippen LogP contribution is 2.58. The number of benzene rings is 3. The van der Waals surface area contributed by atoms with E-state index in [9.17, 15) is 19.1 Å². The predicted octanol–water partition coefficient (Wildman–Crippen LogP) is 5.91. The number of halogens is 2. The highest BCUT2D eigenvalue weighted by atomic mass is 35.5. The van der Waals surface area contributed by atoms with E-state index in [2.05, 4.69) is 6.58 Å². The molecule has 0 bridgehead atoms. The molecule has 0 spiro atoms. The Bertz CT molecular complexity index is 1350. The van der Waals surface area contributed by atoms with Gasteiger partial charge in [0.25, 0.3) is 0 Å². The number of nitrogens with zero attached hydrogens (tertiary/aromatic N) is 1. The zero-order valence-corrected chi connectivity index (χ0v) is 18.9. The maximum absolute atomic E-state index is 14.5. The van der Waals surface area contributed by atoms with Crippen LogP contribution in [0, 0.1) is 11.7 Å². The molecule has 5 rings (SSSR count). The highest BCUT2D eigenvalue weighted by molar-refractivity contribution is 6.32. The van der Waals surface area contributed by atoms with Crippen LogP contribution < -0.4 is 4.90 Å². The van der Waals surface area contributed by atoms with Crippen molar-refractivity contribution >= 4 is 29.1 Å². The van der Waals surface area contributed by atoms with Crippen LogP contribution in [-0.4, -0.2) is 16.9 Å². The lowest BCUT2D eigenvalue weighted by atomic mass is 9.56. The molecule has 0 saturated carbocycles. The number of aromatic hydroxyl groups is 1. The van der Waals surface area contributed by atoms with Crippen LogP contribution in [0.15, 0.2) is 97.1 Å². The van der Waals surface area contributed by atoms with Crippen LogP contribution in [0.5, 0.6) is 5.75 Å². The van der Waals surface area contributed by atoms with Crippen LogP contribution in [-0.2, 0) is 15.0 Å². The standard InChI is InChI=1S/C28H21ClFNO3/c1-2-17-11-13-22-26(33)31(21-10-6-9-20(29)16-21)27(34)28(22,19-7-4-3-5-8-19)25(17)18-12-14-24(32)23(30)15-18/h2-12,14-16,22,25,32H,1,13H2. The van der Waals surface area contributed by atoms with Gasteiger partial charge >= 0.3 is 0 Å². The van der Waals surface area contributed by atoms with Crippen molar-refractivity contribution in [2.75, 3.05) is 4.90 Å². The van der Waals surface area contributed by atoms with Gasteiger partial charge in [0.15, 0.2) is 11.6 Å². The molecule has 1 N–H and O–H groups in total. The molecule has 0 radical (unpaired) electrons. The van der Waals surface area contributed by atoms with Crippen LogP contribution in [0.25, 0.3) is 0 Å². The Hall–Kier alpha value is -3.70. The SMILES string of the molecule is C=CC1=CCC2C(=O)N(c3cccc(Cl)c3)C(=O)C2(c2ccccc2)C1c1ccc(O)c(F)c1. The van der Waals surface area contributed by atoms with E-state index in [1.54, 1.807) is 36.4 Å². The maximum Gasteiger partial charge on any atom is 0.246 e. The first kappa shape index (κ1) is 22.1. The monoisotopic (exact) mass is 473 g/mol. The number of imide groups is 1.